The summed E-state index contributed by atoms with van der Waals surface area (Å²) >= 11 is 0. The Hall–Kier alpha value is -1.35. The van der Waals surface area contributed by atoms with Gasteiger partial charge in [0, 0.05) is 12.2 Å². The fourth-order valence-electron chi connectivity index (χ4n) is 6.11. The zero-order valence-corrected chi connectivity index (χ0v) is 15.8. The molecule has 4 fully saturated rings. The molecule has 0 spiro atoms. The second-order valence-electron chi connectivity index (χ2n) is 8.81. The van der Waals surface area contributed by atoms with Crippen LogP contribution in [0, 0.1) is 23.2 Å². The van der Waals surface area contributed by atoms with Crippen LogP contribution in [0.15, 0.2) is 24.3 Å². The number of benzene rings is 1. The Morgan fingerprint density at radius 2 is 1.68 bits per heavy atom. The van der Waals surface area contributed by atoms with E-state index < -0.39 is 0 Å². The van der Waals surface area contributed by atoms with E-state index in [0.29, 0.717) is 5.91 Å². The fourth-order valence-corrected chi connectivity index (χ4v) is 6.11. The summed E-state index contributed by atoms with van der Waals surface area (Å²) in [6, 6.07) is 8.45. The summed E-state index contributed by atoms with van der Waals surface area (Å²) < 4.78 is 0. The number of carbonyl (C=O) groups excluding carboxylic acids is 1. The van der Waals surface area contributed by atoms with Crippen molar-refractivity contribution < 1.29 is 4.79 Å². The average Bonchev–Trinajstić information content (AvgIpc) is 2.59. The molecule has 4 aliphatic rings. The van der Waals surface area contributed by atoms with Crippen LogP contribution in [0.1, 0.15) is 57.9 Å². The molecule has 0 aromatic heterocycles. The maximum absolute atomic E-state index is 13.2. The Bertz CT molecular complexity index is 599. The van der Waals surface area contributed by atoms with Crippen LogP contribution < -0.4 is 5.32 Å². The van der Waals surface area contributed by atoms with Gasteiger partial charge in [-0.05, 0) is 87.1 Å². The first-order valence-electron chi connectivity index (χ1n) is 10.2. The molecule has 0 radical (unpaired) electrons. The molecule has 1 amide bonds. The van der Waals surface area contributed by atoms with Crippen molar-refractivity contribution >= 4 is 11.6 Å². The Kier molecular flexibility index (Phi) is 4.61. The van der Waals surface area contributed by atoms with Crippen LogP contribution in [0.5, 0.6) is 0 Å². The summed E-state index contributed by atoms with van der Waals surface area (Å²) in [6.07, 6.45) is 7.53. The maximum atomic E-state index is 13.2. The van der Waals surface area contributed by atoms with Crippen LogP contribution in [-0.2, 0) is 11.3 Å². The topological polar surface area (TPSA) is 32.3 Å². The molecule has 0 aliphatic heterocycles. The van der Waals surface area contributed by atoms with Gasteiger partial charge in [-0.15, -0.1) is 0 Å². The summed E-state index contributed by atoms with van der Waals surface area (Å²) in [5.41, 5.74) is 2.20. The molecule has 3 heteroatoms. The first-order valence-corrected chi connectivity index (χ1v) is 10.2. The van der Waals surface area contributed by atoms with E-state index in [1.165, 1.54) is 24.8 Å². The molecule has 1 N–H and O–H groups in total. The maximum Gasteiger partial charge on any atom is 0.230 e. The summed E-state index contributed by atoms with van der Waals surface area (Å²) in [6.45, 7) is 7.46. The van der Waals surface area contributed by atoms with Gasteiger partial charge >= 0.3 is 0 Å². The quantitative estimate of drug-likeness (QED) is 0.815. The van der Waals surface area contributed by atoms with Crippen molar-refractivity contribution in [2.45, 2.75) is 58.9 Å². The van der Waals surface area contributed by atoms with Gasteiger partial charge in [0.05, 0.1) is 5.41 Å². The van der Waals surface area contributed by atoms with Gasteiger partial charge in [0.25, 0.3) is 0 Å². The van der Waals surface area contributed by atoms with E-state index >= 15 is 0 Å². The van der Waals surface area contributed by atoms with E-state index in [0.717, 1.165) is 62.3 Å². The number of hydrogen-bond donors (Lipinski definition) is 1. The van der Waals surface area contributed by atoms with Gasteiger partial charge < -0.3 is 5.32 Å². The van der Waals surface area contributed by atoms with Crippen LogP contribution in [0.2, 0.25) is 0 Å². The summed E-state index contributed by atoms with van der Waals surface area (Å²) in [7, 11) is 0. The van der Waals surface area contributed by atoms with Crippen LogP contribution in [0.25, 0.3) is 0 Å². The molecule has 4 bridgehead atoms. The monoisotopic (exact) mass is 340 g/mol. The summed E-state index contributed by atoms with van der Waals surface area (Å²) in [5.74, 6) is 2.73. The standard InChI is InChI=1S/C22H32N2O/c1-3-24(4-2)15-16-6-5-7-20(11-16)23-21(25)22-12-17-8-18(13-22)10-19(9-17)14-22/h5-7,11,17-19H,3-4,8-10,12-15H2,1-2H3,(H,23,25). The van der Waals surface area contributed by atoms with Crippen LogP contribution in [0.3, 0.4) is 0 Å². The molecule has 5 rings (SSSR count). The van der Waals surface area contributed by atoms with Crippen molar-refractivity contribution in [1.82, 2.24) is 4.90 Å². The van der Waals surface area contributed by atoms with Crippen LogP contribution in [0.4, 0.5) is 5.69 Å². The van der Waals surface area contributed by atoms with Gasteiger partial charge in [-0.3, -0.25) is 9.69 Å². The van der Waals surface area contributed by atoms with E-state index in [1.54, 1.807) is 0 Å². The minimum atomic E-state index is -0.0658. The van der Waals surface area contributed by atoms with E-state index in [1.807, 2.05) is 6.07 Å². The van der Waals surface area contributed by atoms with Crippen LogP contribution >= 0.6 is 0 Å². The Balaban J connectivity index is 1.46. The summed E-state index contributed by atoms with van der Waals surface area (Å²) in [4.78, 5) is 15.6. The molecule has 0 unspecified atom stereocenters. The highest BCUT2D eigenvalue weighted by Crippen LogP contribution is 2.60. The highest BCUT2D eigenvalue weighted by atomic mass is 16.2. The van der Waals surface area contributed by atoms with Gasteiger partial charge in [0.15, 0.2) is 0 Å². The summed E-state index contributed by atoms with van der Waals surface area (Å²) in [5, 5.41) is 3.29. The minimum Gasteiger partial charge on any atom is -0.326 e. The predicted octanol–water partition coefficient (Wildman–Crippen LogP) is 4.68. The third kappa shape index (κ3) is 3.36. The SMILES string of the molecule is CCN(CC)Cc1cccc(NC(=O)C23CC4CC(CC(C4)C2)C3)c1. The zero-order chi connectivity index (χ0) is 17.4. The largest absolute Gasteiger partial charge is 0.326 e. The highest BCUT2D eigenvalue weighted by molar-refractivity contribution is 5.95. The van der Waals surface area contributed by atoms with E-state index in [2.05, 4.69) is 42.3 Å². The number of nitrogens with zero attached hydrogens (tertiary/aromatic N) is 1. The molecule has 25 heavy (non-hydrogen) atoms. The van der Waals surface area contributed by atoms with Gasteiger partial charge in [-0.1, -0.05) is 26.0 Å². The molecule has 0 saturated heterocycles. The number of nitrogens with one attached hydrogen (secondary N) is 1. The molecule has 1 aromatic carbocycles. The van der Waals surface area contributed by atoms with E-state index in [9.17, 15) is 4.79 Å². The molecular formula is C22H32N2O. The lowest BCUT2D eigenvalue weighted by atomic mass is 9.49. The number of carbonyl (C=O) groups is 1. The third-order valence-corrected chi connectivity index (χ3v) is 7.01. The lowest BCUT2D eigenvalue weighted by molar-refractivity contribution is -0.140. The number of amides is 1. The lowest BCUT2D eigenvalue weighted by Crippen LogP contribution is -2.51. The molecule has 1 aromatic rings. The first kappa shape index (κ1) is 17.1. The molecule has 3 nitrogen and oxygen atoms in total. The Morgan fingerprint density at radius 3 is 2.24 bits per heavy atom. The number of rotatable bonds is 6. The Labute approximate surface area is 152 Å². The second kappa shape index (κ2) is 6.75. The molecule has 0 atom stereocenters. The molecule has 4 aliphatic carbocycles. The molecule has 4 saturated carbocycles. The van der Waals surface area contributed by atoms with Crippen molar-refractivity contribution in [3.8, 4) is 0 Å². The second-order valence-corrected chi connectivity index (χ2v) is 8.81. The first-order chi connectivity index (χ1) is 12.1. The molecule has 0 heterocycles. The van der Waals surface area contributed by atoms with Gasteiger partial charge in [-0.2, -0.15) is 0 Å². The van der Waals surface area contributed by atoms with Crippen LogP contribution in [-0.4, -0.2) is 23.9 Å². The van der Waals surface area contributed by atoms with E-state index in [-0.39, 0.29) is 5.41 Å². The molecular weight excluding hydrogens is 308 g/mol. The van der Waals surface area contributed by atoms with Crippen molar-refractivity contribution in [2.24, 2.45) is 23.2 Å². The lowest BCUT2D eigenvalue weighted by Gasteiger charge is -2.55. The van der Waals surface area contributed by atoms with Crippen molar-refractivity contribution in [1.29, 1.82) is 0 Å². The average molecular weight is 341 g/mol. The van der Waals surface area contributed by atoms with Crippen molar-refractivity contribution in [3.63, 3.8) is 0 Å². The van der Waals surface area contributed by atoms with Crippen molar-refractivity contribution in [2.75, 3.05) is 18.4 Å². The van der Waals surface area contributed by atoms with E-state index in [4.69, 9.17) is 0 Å². The van der Waals surface area contributed by atoms with Gasteiger partial charge in [0.2, 0.25) is 5.91 Å². The highest BCUT2D eigenvalue weighted by Gasteiger charge is 2.54. The zero-order valence-electron chi connectivity index (χ0n) is 15.8. The Morgan fingerprint density at radius 1 is 1.08 bits per heavy atom. The van der Waals surface area contributed by atoms with Gasteiger partial charge in [-0.25, -0.2) is 0 Å². The minimum absolute atomic E-state index is 0.0658. The van der Waals surface area contributed by atoms with Crippen molar-refractivity contribution in [3.05, 3.63) is 29.8 Å². The van der Waals surface area contributed by atoms with Gasteiger partial charge in [0.1, 0.15) is 0 Å². The fraction of sp³-hybridized carbons (Fsp3) is 0.682. The predicted molar refractivity (Wildman–Crippen MR) is 102 cm³/mol. The molecule has 136 valence electrons. The number of anilines is 1. The smallest absolute Gasteiger partial charge is 0.230 e. The third-order valence-electron chi connectivity index (χ3n) is 7.01. The normalized spacial score (nSPS) is 33.0. The number of hydrogen-bond acceptors (Lipinski definition) is 2.